The molecule has 0 bridgehead atoms. The van der Waals surface area contributed by atoms with Crippen molar-refractivity contribution >= 4 is 5.96 Å². The number of phenolic OH excluding ortho intramolecular Hbond substituents is 1. The van der Waals surface area contributed by atoms with Crippen LogP contribution in [0, 0.1) is 0 Å². The predicted octanol–water partition coefficient (Wildman–Crippen LogP) is 3.63. The van der Waals surface area contributed by atoms with Gasteiger partial charge in [-0.15, -0.1) is 0 Å². The largest absolute Gasteiger partial charge is 0.508 e. The number of phenols is 1. The zero-order valence-electron chi connectivity index (χ0n) is 15.6. The lowest BCUT2D eigenvalue weighted by molar-refractivity contribution is -0.153. The number of hydrogen-bond donors (Lipinski definition) is 3. The summed E-state index contributed by atoms with van der Waals surface area (Å²) in [6, 6.07) is 13.6. The standard InChI is InChI=1S/C20H24F3N3O2/c1-24-19(25-12-2-3-15-4-8-17(27)9-5-15)26-13-16-6-10-18(11-7-16)28-14-20(21,22)23/h4-11,27H,2-3,12-14H2,1H3,(H2,24,25,26). The van der Waals surface area contributed by atoms with Crippen molar-refractivity contribution in [1.82, 2.24) is 10.6 Å². The molecule has 5 nitrogen and oxygen atoms in total. The molecule has 0 fully saturated rings. The summed E-state index contributed by atoms with van der Waals surface area (Å²) in [6.07, 6.45) is -2.57. The fraction of sp³-hybridized carbons (Fsp3) is 0.350. The minimum Gasteiger partial charge on any atom is -0.508 e. The third-order valence-electron chi connectivity index (χ3n) is 3.88. The Hall–Kier alpha value is -2.90. The molecule has 0 spiro atoms. The van der Waals surface area contributed by atoms with E-state index >= 15 is 0 Å². The normalized spacial score (nSPS) is 11.9. The summed E-state index contributed by atoms with van der Waals surface area (Å²) in [4.78, 5) is 4.14. The van der Waals surface area contributed by atoms with Gasteiger partial charge >= 0.3 is 6.18 Å². The topological polar surface area (TPSA) is 65.9 Å². The molecule has 0 radical (unpaired) electrons. The van der Waals surface area contributed by atoms with E-state index in [2.05, 4.69) is 20.4 Å². The molecule has 8 heteroatoms. The molecule has 152 valence electrons. The molecule has 0 aromatic heterocycles. The molecule has 0 aliphatic carbocycles. The van der Waals surface area contributed by atoms with Crippen LogP contribution in [0.3, 0.4) is 0 Å². The quantitative estimate of drug-likeness (QED) is 0.363. The maximum absolute atomic E-state index is 12.1. The Morgan fingerprint density at radius 2 is 1.64 bits per heavy atom. The van der Waals surface area contributed by atoms with Crippen LogP contribution < -0.4 is 15.4 Å². The van der Waals surface area contributed by atoms with Crippen molar-refractivity contribution in [2.24, 2.45) is 4.99 Å². The Kier molecular flexibility index (Phi) is 7.98. The van der Waals surface area contributed by atoms with E-state index in [9.17, 15) is 18.3 Å². The van der Waals surface area contributed by atoms with Crippen molar-refractivity contribution in [3.8, 4) is 11.5 Å². The van der Waals surface area contributed by atoms with Gasteiger partial charge in [0.15, 0.2) is 12.6 Å². The summed E-state index contributed by atoms with van der Waals surface area (Å²) in [5.74, 6) is 1.08. The Balaban J connectivity index is 1.69. The molecule has 0 heterocycles. The number of hydrogen-bond acceptors (Lipinski definition) is 3. The SMILES string of the molecule is CN=C(NCCCc1ccc(O)cc1)NCc1ccc(OCC(F)(F)F)cc1. The lowest BCUT2D eigenvalue weighted by Crippen LogP contribution is -2.37. The number of nitrogens with one attached hydrogen (secondary N) is 2. The number of guanidine groups is 1. The molecule has 0 amide bonds. The van der Waals surface area contributed by atoms with Crippen molar-refractivity contribution in [2.75, 3.05) is 20.2 Å². The van der Waals surface area contributed by atoms with Crippen LogP contribution in [0.1, 0.15) is 17.5 Å². The van der Waals surface area contributed by atoms with E-state index in [0.717, 1.165) is 30.5 Å². The minimum atomic E-state index is -4.35. The number of benzene rings is 2. The number of nitrogens with zero attached hydrogens (tertiary/aromatic N) is 1. The highest BCUT2D eigenvalue weighted by Gasteiger charge is 2.28. The second kappa shape index (κ2) is 10.4. The third-order valence-corrected chi connectivity index (χ3v) is 3.88. The van der Waals surface area contributed by atoms with Gasteiger partial charge in [0, 0.05) is 20.1 Å². The number of rotatable bonds is 8. The maximum atomic E-state index is 12.1. The van der Waals surface area contributed by atoms with Gasteiger partial charge in [0.05, 0.1) is 0 Å². The van der Waals surface area contributed by atoms with Crippen molar-refractivity contribution in [3.63, 3.8) is 0 Å². The molecule has 0 unspecified atom stereocenters. The van der Waals surface area contributed by atoms with E-state index in [1.54, 1.807) is 31.3 Å². The first kappa shape index (κ1) is 21.4. The molecule has 3 N–H and O–H groups in total. The van der Waals surface area contributed by atoms with E-state index in [1.807, 2.05) is 12.1 Å². The molecular formula is C20H24F3N3O2. The molecule has 2 aromatic carbocycles. The highest BCUT2D eigenvalue weighted by atomic mass is 19.4. The first-order valence-electron chi connectivity index (χ1n) is 8.86. The smallest absolute Gasteiger partial charge is 0.422 e. The lowest BCUT2D eigenvalue weighted by atomic mass is 10.1. The van der Waals surface area contributed by atoms with Crippen LogP contribution in [-0.4, -0.2) is 37.4 Å². The van der Waals surface area contributed by atoms with Gasteiger partial charge in [-0.25, -0.2) is 0 Å². The molecule has 0 aliphatic rings. The number of alkyl halides is 3. The van der Waals surface area contributed by atoms with E-state index in [0.29, 0.717) is 12.5 Å². The predicted molar refractivity (Wildman–Crippen MR) is 103 cm³/mol. The van der Waals surface area contributed by atoms with Crippen LogP contribution in [-0.2, 0) is 13.0 Å². The van der Waals surface area contributed by atoms with Crippen LogP contribution in [0.5, 0.6) is 11.5 Å². The summed E-state index contributed by atoms with van der Waals surface area (Å²) in [6.45, 7) is -0.0900. The van der Waals surface area contributed by atoms with Gasteiger partial charge in [-0.05, 0) is 48.2 Å². The number of aromatic hydroxyl groups is 1. The fourth-order valence-corrected chi connectivity index (χ4v) is 2.44. The average Bonchev–Trinajstić information content (AvgIpc) is 2.67. The third kappa shape index (κ3) is 8.20. The van der Waals surface area contributed by atoms with Crippen LogP contribution in [0.25, 0.3) is 0 Å². The van der Waals surface area contributed by atoms with Gasteiger partial charge < -0.3 is 20.5 Å². The molecule has 0 saturated carbocycles. The number of ether oxygens (including phenoxy) is 1. The molecule has 0 aliphatic heterocycles. The van der Waals surface area contributed by atoms with Crippen LogP contribution in [0.2, 0.25) is 0 Å². The lowest BCUT2D eigenvalue weighted by Gasteiger charge is -2.13. The number of halogens is 3. The molecule has 0 saturated heterocycles. The van der Waals surface area contributed by atoms with E-state index in [4.69, 9.17) is 0 Å². The second-order valence-electron chi connectivity index (χ2n) is 6.17. The Morgan fingerprint density at radius 1 is 1.00 bits per heavy atom. The molecule has 2 rings (SSSR count). The van der Waals surface area contributed by atoms with Gasteiger partial charge in [-0.2, -0.15) is 13.2 Å². The molecule has 0 atom stereocenters. The van der Waals surface area contributed by atoms with Crippen molar-refractivity contribution in [1.29, 1.82) is 0 Å². The second-order valence-corrected chi connectivity index (χ2v) is 6.17. The van der Waals surface area contributed by atoms with Gasteiger partial charge in [-0.1, -0.05) is 24.3 Å². The zero-order chi connectivity index (χ0) is 20.4. The minimum absolute atomic E-state index is 0.179. The number of aliphatic imine (C=N–C) groups is 1. The van der Waals surface area contributed by atoms with E-state index in [1.165, 1.54) is 12.1 Å². The highest BCUT2D eigenvalue weighted by molar-refractivity contribution is 5.79. The van der Waals surface area contributed by atoms with Crippen LogP contribution >= 0.6 is 0 Å². The van der Waals surface area contributed by atoms with Crippen LogP contribution in [0.4, 0.5) is 13.2 Å². The van der Waals surface area contributed by atoms with Gasteiger partial charge in [0.1, 0.15) is 11.5 Å². The Morgan fingerprint density at radius 3 is 2.25 bits per heavy atom. The molecule has 28 heavy (non-hydrogen) atoms. The number of aryl methyl sites for hydroxylation is 1. The zero-order valence-corrected chi connectivity index (χ0v) is 15.6. The Bertz CT molecular complexity index is 745. The van der Waals surface area contributed by atoms with Gasteiger partial charge in [0.25, 0.3) is 0 Å². The molecule has 2 aromatic rings. The summed E-state index contributed by atoms with van der Waals surface area (Å²) in [5.41, 5.74) is 2.04. The molecular weight excluding hydrogens is 371 g/mol. The van der Waals surface area contributed by atoms with E-state index < -0.39 is 12.8 Å². The van der Waals surface area contributed by atoms with Crippen molar-refractivity contribution < 1.29 is 23.0 Å². The van der Waals surface area contributed by atoms with Crippen molar-refractivity contribution in [2.45, 2.75) is 25.6 Å². The summed E-state index contributed by atoms with van der Waals surface area (Å²) in [5, 5.41) is 15.6. The summed E-state index contributed by atoms with van der Waals surface area (Å²) >= 11 is 0. The summed E-state index contributed by atoms with van der Waals surface area (Å²) in [7, 11) is 1.67. The fourth-order valence-electron chi connectivity index (χ4n) is 2.44. The van der Waals surface area contributed by atoms with Gasteiger partial charge in [-0.3, -0.25) is 4.99 Å². The average molecular weight is 395 g/mol. The van der Waals surface area contributed by atoms with Crippen LogP contribution in [0.15, 0.2) is 53.5 Å². The highest BCUT2D eigenvalue weighted by Crippen LogP contribution is 2.18. The first-order valence-corrected chi connectivity index (χ1v) is 8.86. The first-order chi connectivity index (χ1) is 13.4. The van der Waals surface area contributed by atoms with E-state index in [-0.39, 0.29) is 11.5 Å². The van der Waals surface area contributed by atoms with Crippen molar-refractivity contribution in [3.05, 3.63) is 59.7 Å². The monoisotopic (exact) mass is 395 g/mol. The van der Waals surface area contributed by atoms with Gasteiger partial charge in [0.2, 0.25) is 0 Å². The maximum Gasteiger partial charge on any atom is 0.422 e. The Labute approximate surface area is 162 Å². The summed E-state index contributed by atoms with van der Waals surface area (Å²) < 4.78 is 41.1.